The molecule has 3 N–H and O–H groups in total. The fraction of sp³-hybridized carbons (Fsp3) is 0.438. The van der Waals surface area contributed by atoms with E-state index in [1.807, 2.05) is 30.3 Å². The summed E-state index contributed by atoms with van der Waals surface area (Å²) < 4.78 is 5.64. The van der Waals surface area contributed by atoms with Gasteiger partial charge in [0.15, 0.2) is 0 Å². The molecule has 21 heavy (non-hydrogen) atoms. The van der Waals surface area contributed by atoms with Crippen LogP contribution in [0.5, 0.6) is 5.75 Å². The highest BCUT2D eigenvalue weighted by Gasteiger charge is 2.07. The summed E-state index contributed by atoms with van der Waals surface area (Å²) in [5.74, 6) is 0.717. The standard InChI is InChI=1S/C16H24N2O3/c1-3-6-14-7-4-5-8-16(14)21-12-15(20)11-17-9-10-18-13(2)19/h3-5,7-8,15,17,20H,1,6,9-12H2,2H3,(H,18,19). The minimum absolute atomic E-state index is 0.0560. The van der Waals surface area contributed by atoms with Crippen LogP contribution in [0.3, 0.4) is 0 Å². The van der Waals surface area contributed by atoms with Crippen LogP contribution in [0.25, 0.3) is 0 Å². The van der Waals surface area contributed by atoms with Crippen LogP contribution < -0.4 is 15.4 Å². The molecule has 1 aromatic carbocycles. The van der Waals surface area contributed by atoms with E-state index >= 15 is 0 Å². The summed E-state index contributed by atoms with van der Waals surface area (Å²) >= 11 is 0. The Kier molecular flexibility index (Phi) is 8.16. The molecule has 0 heterocycles. The van der Waals surface area contributed by atoms with Crippen LogP contribution in [-0.2, 0) is 11.2 Å². The Balaban J connectivity index is 2.25. The van der Waals surface area contributed by atoms with Crippen molar-refractivity contribution in [3.05, 3.63) is 42.5 Å². The van der Waals surface area contributed by atoms with Crippen molar-refractivity contribution >= 4 is 5.91 Å². The lowest BCUT2D eigenvalue weighted by Crippen LogP contribution is -2.36. The number of amides is 1. The van der Waals surface area contributed by atoms with Gasteiger partial charge in [-0.3, -0.25) is 4.79 Å². The van der Waals surface area contributed by atoms with Gasteiger partial charge in [-0.1, -0.05) is 24.3 Å². The number of allylic oxidation sites excluding steroid dienone is 1. The third-order valence-corrected chi connectivity index (χ3v) is 2.82. The monoisotopic (exact) mass is 292 g/mol. The number of benzene rings is 1. The first-order valence-electron chi connectivity index (χ1n) is 7.08. The number of nitrogens with one attached hydrogen (secondary N) is 2. The zero-order valence-electron chi connectivity index (χ0n) is 12.5. The number of rotatable bonds is 10. The third-order valence-electron chi connectivity index (χ3n) is 2.82. The number of hydrogen-bond donors (Lipinski definition) is 3. The van der Waals surface area contributed by atoms with Gasteiger partial charge in [0.25, 0.3) is 0 Å². The summed E-state index contributed by atoms with van der Waals surface area (Å²) in [6.45, 7) is 7.00. The summed E-state index contributed by atoms with van der Waals surface area (Å²) in [5, 5.41) is 15.6. The van der Waals surface area contributed by atoms with Gasteiger partial charge in [0, 0.05) is 26.6 Å². The van der Waals surface area contributed by atoms with Gasteiger partial charge in [-0.2, -0.15) is 0 Å². The molecular formula is C16H24N2O3. The summed E-state index contributed by atoms with van der Waals surface area (Å²) in [6, 6.07) is 7.72. The highest BCUT2D eigenvalue weighted by Crippen LogP contribution is 2.18. The lowest BCUT2D eigenvalue weighted by atomic mass is 10.1. The van der Waals surface area contributed by atoms with E-state index in [-0.39, 0.29) is 12.5 Å². The van der Waals surface area contributed by atoms with E-state index in [1.54, 1.807) is 0 Å². The topological polar surface area (TPSA) is 70.6 Å². The van der Waals surface area contributed by atoms with Crippen LogP contribution >= 0.6 is 0 Å². The fourth-order valence-electron chi connectivity index (χ4n) is 1.81. The zero-order chi connectivity index (χ0) is 15.5. The predicted molar refractivity (Wildman–Crippen MR) is 83.4 cm³/mol. The molecule has 0 fully saturated rings. The van der Waals surface area contributed by atoms with Crippen molar-refractivity contribution < 1.29 is 14.6 Å². The number of carbonyl (C=O) groups is 1. The van der Waals surface area contributed by atoms with E-state index in [0.717, 1.165) is 17.7 Å². The molecule has 1 rings (SSSR count). The van der Waals surface area contributed by atoms with Crippen molar-refractivity contribution in [3.63, 3.8) is 0 Å². The van der Waals surface area contributed by atoms with Crippen LogP contribution in [0.1, 0.15) is 12.5 Å². The summed E-state index contributed by atoms with van der Waals surface area (Å²) in [6.07, 6.45) is 1.96. The average molecular weight is 292 g/mol. The van der Waals surface area contributed by atoms with Gasteiger partial charge in [0.1, 0.15) is 18.5 Å². The van der Waals surface area contributed by atoms with Crippen LogP contribution in [0, 0.1) is 0 Å². The second kappa shape index (κ2) is 9.96. The first-order valence-corrected chi connectivity index (χ1v) is 7.08. The molecule has 0 radical (unpaired) electrons. The minimum Gasteiger partial charge on any atom is -0.491 e. The van der Waals surface area contributed by atoms with Gasteiger partial charge in [-0.15, -0.1) is 6.58 Å². The highest BCUT2D eigenvalue weighted by atomic mass is 16.5. The molecule has 5 nitrogen and oxygen atoms in total. The SMILES string of the molecule is C=CCc1ccccc1OCC(O)CNCCNC(C)=O. The zero-order valence-corrected chi connectivity index (χ0v) is 12.5. The normalized spacial score (nSPS) is 11.7. The van der Waals surface area contributed by atoms with E-state index in [1.165, 1.54) is 6.92 Å². The Morgan fingerprint density at radius 2 is 2.19 bits per heavy atom. The lowest BCUT2D eigenvalue weighted by Gasteiger charge is -2.15. The van der Waals surface area contributed by atoms with Crippen LogP contribution in [0.2, 0.25) is 0 Å². The predicted octanol–water partition coefficient (Wildman–Crippen LogP) is 0.880. The van der Waals surface area contributed by atoms with Gasteiger partial charge in [0.05, 0.1) is 0 Å². The molecule has 1 atom stereocenters. The molecule has 0 saturated carbocycles. The first-order chi connectivity index (χ1) is 10.1. The van der Waals surface area contributed by atoms with Gasteiger partial charge in [-0.25, -0.2) is 0 Å². The number of aliphatic hydroxyl groups is 1. The maximum atomic E-state index is 10.7. The van der Waals surface area contributed by atoms with Crippen LogP contribution in [0.4, 0.5) is 0 Å². The fourth-order valence-corrected chi connectivity index (χ4v) is 1.81. The molecule has 5 heteroatoms. The van der Waals surface area contributed by atoms with E-state index < -0.39 is 6.10 Å². The molecule has 1 aromatic rings. The van der Waals surface area contributed by atoms with Crippen molar-refractivity contribution in [1.29, 1.82) is 0 Å². The third kappa shape index (κ3) is 7.48. The Labute approximate surface area is 126 Å². The maximum Gasteiger partial charge on any atom is 0.216 e. The van der Waals surface area contributed by atoms with E-state index in [2.05, 4.69) is 17.2 Å². The second-order valence-electron chi connectivity index (χ2n) is 4.75. The van der Waals surface area contributed by atoms with Gasteiger partial charge in [0.2, 0.25) is 5.91 Å². The number of hydrogen-bond acceptors (Lipinski definition) is 4. The average Bonchev–Trinajstić information content (AvgIpc) is 2.46. The number of ether oxygens (including phenoxy) is 1. The number of aliphatic hydroxyl groups excluding tert-OH is 1. The van der Waals surface area contributed by atoms with E-state index in [0.29, 0.717) is 19.6 Å². The number of para-hydroxylation sites is 1. The van der Waals surface area contributed by atoms with Crippen molar-refractivity contribution in [1.82, 2.24) is 10.6 Å². The van der Waals surface area contributed by atoms with E-state index in [9.17, 15) is 9.90 Å². The molecule has 0 aromatic heterocycles. The second-order valence-corrected chi connectivity index (χ2v) is 4.75. The Morgan fingerprint density at radius 3 is 2.90 bits per heavy atom. The molecule has 0 aliphatic carbocycles. The first kappa shape index (κ1) is 17.2. The summed E-state index contributed by atoms with van der Waals surface area (Å²) in [5.41, 5.74) is 1.05. The molecule has 0 aliphatic heterocycles. The number of carbonyl (C=O) groups excluding carboxylic acids is 1. The molecule has 0 saturated heterocycles. The minimum atomic E-state index is -0.598. The molecule has 0 spiro atoms. The Bertz CT molecular complexity index is 449. The molecule has 1 unspecified atom stereocenters. The molecule has 1 amide bonds. The van der Waals surface area contributed by atoms with Gasteiger partial charge in [-0.05, 0) is 18.1 Å². The van der Waals surface area contributed by atoms with E-state index in [4.69, 9.17) is 4.74 Å². The summed E-state index contributed by atoms with van der Waals surface area (Å²) in [4.78, 5) is 10.7. The quantitative estimate of drug-likeness (QED) is 0.442. The summed E-state index contributed by atoms with van der Waals surface area (Å²) in [7, 11) is 0. The van der Waals surface area contributed by atoms with Crippen LogP contribution in [0.15, 0.2) is 36.9 Å². The van der Waals surface area contributed by atoms with Crippen molar-refractivity contribution in [2.24, 2.45) is 0 Å². The molecule has 0 bridgehead atoms. The highest BCUT2D eigenvalue weighted by molar-refractivity contribution is 5.72. The van der Waals surface area contributed by atoms with Crippen molar-refractivity contribution in [3.8, 4) is 5.75 Å². The lowest BCUT2D eigenvalue weighted by molar-refractivity contribution is -0.118. The van der Waals surface area contributed by atoms with Gasteiger partial charge < -0.3 is 20.5 Å². The molecule has 0 aliphatic rings. The molecular weight excluding hydrogens is 268 g/mol. The largest absolute Gasteiger partial charge is 0.491 e. The Hall–Kier alpha value is -1.85. The van der Waals surface area contributed by atoms with Gasteiger partial charge >= 0.3 is 0 Å². The Morgan fingerprint density at radius 1 is 1.43 bits per heavy atom. The van der Waals surface area contributed by atoms with Crippen LogP contribution in [-0.4, -0.2) is 43.4 Å². The maximum absolute atomic E-state index is 10.7. The molecule has 116 valence electrons. The van der Waals surface area contributed by atoms with Crippen molar-refractivity contribution in [2.75, 3.05) is 26.2 Å². The smallest absolute Gasteiger partial charge is 0.216 e. The van der Waals surface area contributed by atoms with Crippen molar-refractivity contribution in [2.45, 2.75) is 19.4 Å².